The number of nitrogens with zero attached hydrogens (tertiary/aromatic N) is 1. The molecule has 0 spiro atoms. The van der Waals surface area contributed by atoms with E-state index in [0.717, 1.165) is 24.9 Å². The lowest BCUT2D eigenvalue weighted by Gasteiger charge is -2.30. The van der Waals surface area contributed by atoms with Gasteiger partial charge < -0.3 is 15.7 Å². The zero-order valence-electron chi connectivity index (χ0n) is 10.0. The van der Waals surface area contributed by atoms with Gasteiger partial charge in [-0.05, 0) is 43.5 Å². The zero-order valence-corrected chi connectivity index (χ0v) is 10.0. The number of piperidine rings is 1. The predicted molar refractivity (Wildman–Crippen MR) is 66.7 cm³/mol. The fourth-order valence-corrected chi connectivity index (χ4v) is 2.13. The molecule has 17 heavy (non-hydrogen) atoms. The predicted octanol–water partition coefficient (Wildman–Crippen LogP) is 1.17. The highest BCUT2D eigenvalue weighted by Gasteiger charge is 2.23. The van der Waals surface area contributed by atoms with E-state index in [1.807, 2.05) is 6.92 Å². The van der Waals surface area contributed by atoms with Crippen LogP contribution in [0.4, 0.5) is 5.69 Å². The number of β-amino-alcohol motifs (C(OH)–C–C–N with tert-alkyl or cyclic N) is 1. The summed E-state index contributed by atoms with van der Waals surface area (Å²) >= 11 is 0. The second-order valence-electron chi connectivity index (χ2n) is 4.62. The summed E-state index contributed by atoms with van der Waals surface area (Å²) in [6.45, 7) is 3.04. The first-order valence-corrected chi connectivity index (χ1v) is 5.91. The van der Waals surface area contributed by atoms with Gasteiger partial charge in [-0.2, -0.15) is 0 Å². The number of hydrogen-bond acceptors (Lipinski definition) is 3. The van der Waals surface area contributed by atoms with Crippen LogP contribution in [0.2, 0.25) is 0 Å². The first-order valence-electron chi connectivity index (χ1n) is 5.91. The molecule has 4 heteroatoms. The molecule has 4 nitrogen and oxygen atoms in total. The quantitative estimate of drug-likeness (QED) is 0.717. The zero-order chi connectivity index (χ0) is 12.4. The molecule has 2 rings (SSSR count). The van der Waals surface area contributed by atoms with E-state index in [2.05, 4.69) is 0 Å². The Kier molecular flexibility index (Phi) is 3.33. The summed E-state index contributed by atoms with van der Waals surface area (Å²) in [5, 5.41) is 9.56. The van der Waals surface area contributed by atoms with Gasteiger partial charge in [0.15, 0.2) is 0 Å². The molecule has 0 aromatic heterocycles. The Balaban J connectivity index is 2.15. The van der Waals surface area contributed by atoms with Crippen molar-refractivity contribution in [2.45, 2.75) is 25.9 Å². The fraction of sp³-hybridized carbons (Fsp3) is 0.462. The number of hydrogen-bond donors (Lipinski definition) is 2. The summed E-state index contributed by atoms with van der Waals surface area (Å²) in [5.74, 6) is -0.0214. The van der Waals surface area contributed by atoms with Crippen LogP contribution in [0.15, 0.2) is 18.2 Å². The summed E-state index contributed by atoms with van der Waals surface area (Å²) in [4.78, 5) is 13.9. The van der Waals surface area contributed by atoms with Crippen molar-refractivity contribution >= 4 is 11.6 Å². The minimum atomic E-state index is -0.387. The van der Waals surface area contributed by atoms with Crippen LogP contribution in [0.1, 0.15) is 28.8 Å². The van der Waals surface area contributed by atoms with E-state index < -0.39 is 0 Å². The first-order chi connectivity index (χ1) is 8.08. The molecule has 0 radical (unpaired) electrons. The van der Waals surface area contributed by atoms with Crippen molar-refractivity contribution in [2.75, 3.05) is 18.8 Å². The number of aryl methyl sites for hydroxylation is 1. The molecule has 1 atom stereocenters. The van der Waals surface area contributed by atoms with Crippen LogP contribution in [0.5, 0.6) is 0 Å². The standard InChI is InChI=1S/C13H18N2O2/c1-9-7-10(4-5-12(9)14)13(17)15-6-2-3-11(16)8-15/h4-5,7,11,16H,2-3,6,8,14H2,1H3. The molecule has 92 valence electrons. The number of rotatable bonds is 1. The van der Waals surface area contributed by atoms with Gasteiger partial charge in [-0.1, -0.05) is 0 Å². The smallest absolute Gasteiger partial charge is 0.253 e. The van der Waals surface area contributed by atoms with Crippen molar-refractivity contribution in [1.29, 1.82) is 0 Å². The third-order valence-corrected chi connectivity index (χ3v) is 3.20. The van der Waals surface area contributed by atoms with Gasteiger partial charge in [0, 0.05) is 24.3 Å². The molecule has 1 aromatic carbocycles. The Morgan fingerprint density at radius 3 is 2.94 bits per heavy atom. The number of amides is 1. The lowest BCUT2D eigenvalue weighted by molar-refractivity contribution is 0.0473. The van der Waals surface area contributed by atoms with Crippen molar-refractivity contribution in [2.24, 2.45) is 0 Å². The molecule has 1 aliphatic rings. The second kappa shape index (κ2) is 4.75. The van der Waals surface area contributed by atoms with Crippen LogP contribution in [0.3, 0.4) is 0 Å². The van der Waals surface area contributed by atoms with Crippen molar-refractivity contribution in [3.8, 4) is 0 Å². The van der Waals surface area contributed by atoms with E-state index in [9.17, 15) is 9.90 Å². The van der Waals surface area contributed by atoms with Crippen LogP contribution in [-0.4, -0.2) is 35.1 Å². The number of anilines is 1. The van der Waals surface area contributed by atoms with Gasteiger partial charge >= 0.3 is 0 Å². The van der Waals surface area contributed by atoms with Gasteiger partial charge in [0.2, 0.25) is 0 Å². The molecule has 1 unspecified atom stereocenters. The average Bonchev–Trinajstić information content (AvgIpc) is 2.32. The second-order valence-corrected chi connectivity index (χ2v) is 4.62. The van der Waals surface area contributed by atoms with Crippen LogP contribution >= 0.6 is 0 Å². The van der Waals surface area contributed by atoms with Crippen molar-refractivity contribution in [1.82, 2.24) is 4.90 Å². The van der Waals surface area contributed by atoms with Crippen LogP contribution < -0.4 is 5.73 Å². The maximum atomic E-state index is 12.2. The monoisotopic (exact) mass is 234 g/mol. The maximum absolute atomic E-state index is 12.2. The Morgan fingerprint density at radius 1 is 1.53 bits per heavy atom. The molecule has 1 fully saturated rings. The largest absolute Gasteiger partial charge is 0.399 e. The third-order valence-electron chi connectivity index (χ3n) is 3.20. The van der Waals surface area contributed by atoms with E-state index in [1.165, 1.54) is 0 Å². The van der Waals surface area contributed by atoms with Crippen molar-refractivity contribution in [3.63, 3.8) is 0 Å². The minimum absolute atomic E-state index is 0.0214. The minimum Gasteiger partial charge on any atom is -0.399 e. The molecular weight excluding hydrogens is 216 g/mol. The fourth-order valence-electron chi connectivity index (χ4n) is 2.13. The van der Waals surface area contributed by atoms with Gasteiger partial charge in [-0.3, -0.25) is 4.79 Å². The molecular formula is C13H18N2O2. The van der Waals surface area contributed by atoms with E-state index in [1.54, 1.807) is 23.1 Å². The number of nitrogens with two attached hydrogens (primary N) is 1. The third kappa shape index (κ3) is 2.58. The first kappa shape index (κ1) is 11.9. The molecule has 1 saturated heterocycles. The van der Waals surface area contributed by atoms with Gasteiger partial charge in [0.1, 0.15) is 0 Å². The normalized spacial score (nSPS) is 20.4. The lowest BCUT2D eigenvalue weighted by Crippen LogP contribution is -2.42. The number of likely N-dealkylation sites (tertiary alicyclic amines) is 1. The van der Waals surface area contributed by atoms with Crippen LogP contribution in [-0.2, 0) is 0 Å². The number of carbonyl (C=O) groups excluding carboxylic acids is 1. The Hall–Kier alpha value is -1.55. The molecule has 1 heterocycles. The molecule has 0 bridgehead atoms. The highest BCUT2D eigenvalue weighted by molar-refractivity contribution is 5.95. The molecule has 3 N–H and O–H groups in total. The van der Waals surface area contributed by atoms with Crippen molar-refractivity contribution < 1.29 is 9.90 Å². The number of aliphatic hydroxyl groups is 1. The van der Waals surface area contributed by atoms with E-state index >= 15 is 0 Å². The van der Waals surface area contributed by atoms with Gasteiger partial charge in [-0.25, -0.2) is 0 Å². The summed E-state index contributed by atoms with van der Waals surface area (Å²) in [7, 11) is 0. The number of benzene rings is 1. The van der Waals surface area contributed by atoms with E-state index in [-0.39, 0.29) is 12.0 Å². The summed E-state index contributed by atoms with van der Waals surface area (Å²) < 4.78 is 0. The Bertz CT molecular complexity index is 431. The topological polar surface area (TPSA) is 66.6 Å². The van der Waals surface area contributed by atoms with Crippen LogP contribution in [0.25, 0.3) is 0 Å². The molecule has 1 aromatic rings. The van der Waals surface area contributed by atoms with Gasteiger partial charge in [-0.15, -0.1) is 0 Å². The summed E-state index contributed by atoms with van der Waals surface area (Å²) in [6.07, 6.45) is 1.26. The average molecular weight is 234 g/mol. The Labute approximate surface area is 101 Å². The lowest BCUT2D eigenvalue weighted by atomic mass is 10.1. The van der Waals surface area contributed by atoms with Gasteiger partial charge in [0.25, 0.3) is 5.91 Å². The summed E-state index contributed by atoms with van der Waals surface area (Å²) in [6, 6.07) is 5.30. The Morgan fingerprint density at radius 2 is 2.29 bits per heavy atom. The highest BCUT2D eigenvalue weighted by Crippen LogP contribution is 2.17. The number of nitrogen functional groups attached to an aromatic ring is 1. The number of aliphatic hydroxyl groups excluding tert-OH is 1. The molecule has 0 saturated carbocycles. The maximum Gasteiger partial charge on any atom is 0.253 e. The highest BCUT2D eigenvalue weighted by atomic mass is 16.3. The van der Waals surface area contributed by atoms with Gasteiger partial charge in [0.05, 0.1) is 6.10 Å². The van der Waals surface area contributed by atoms with Crippen LogP contribution in [0, 0.1) is 6.92 Å². The number of carbonyl (C=O) groups is 1. The SMILES string of the molecule is Cc1cc(C(=O)N2CCCC(O)C2)ccc1N. The molecule has 1 aliphatic heterocycles. The van der Waals surface area contributed by atoms with E-state index in [4.69, 9.17) is 5.73 Å². The molecule has 0 aliphatic carbocycles. The molecule has 1 amide bonds. The summed E-state index contributed by atoms with van der Waals surface area (Å²) in [5.41, 5.74) is 7.97. The van der Waals surface area contributed by atoms with Crippen molar-refractivity contribution in [3.05, 3.63) is 29.3 Å². The van der Waals surface area contributed by atoms with E-state index in [0.29, 0.717) is 17.8 Å².